The number of rotatable bonds is 3. The number of halogens is 1. The third-order valence-electron chi connectivity index (χ3n) is 2.97. The summed E-state index contributed by atoms with van der Waals surface area (Å²) in [5.41, 5.74) is 2.63. The summed E-state index contributed by atoms with van der Waals surface area (Å²) in [5.74, 6) is 0.815. The van der Waals surface area contributed by atoms with Crippen LogP contribution in [0.1, 0.15) is 5.56 Å². The van der Waals surface area contributed by atoms with Crippen molar-refractivity contribution in [3.05, 3.63) is 28.2 Å². The fraction of sp³-hybridized carbons (Fsp3) is 0.500. The topological polar surface area (TPSA) is 15.3 Å². The molecule has 1 aromatic carbocycles. The van der Waals surface area contributed by atoms with Gasteiger partial charge in [-0.3, -0.25) is 0 Å². The van der Waals surface area contributed by atoms with Crippen molar-refractivity contribution < 1.29 is 0 Å². The number of nitrogens with zero attached hydrogens (tertiary/aromatic N) is 1. The van der Waals surface area contributed by atoms with Gasteiger partial charge in [0, 0.05) is 35.7 Å². The summed E-state index contributed by atoms with van der Waals surface area (Å²) in [7, 11) is 2.02. The Morgan fingerprint density at radius 1 is 1.47 bits per heavy atom. The predicted molar refractivity (Wildman–Crippen MR) is 68.5 cm³/mol. The summed E-state index contributed by atoms with van der Waals surface area (Å²) in [6.45, 7) is 5.60. The molecular formula is C12H17BrN2. The van der Waals surface area contributed by atoms with Crippen LogP contribution in [0.5, 0.6) is 0 Å². The second kappa shape index (κ2) is 4.54. The summed E-state index contributed by atoms with van der Waals surface area (Å²) in [5, 5.41) is 3.23. The monoisotopic (exact) mass is 268 g/mol. The molecule has 15 heavy (non-hydrogen) atoms. The predicted octanol–water partition coefficient (Wildman–Crippen LogP) is 2.41. The first-order chi connectivity index (χ1) is 7.20. The van der Waals surface area contributed by atoms with Crippen LogP contribution < -0.4 is 10.2 Å². The van der Waals surface area contributed by atoms with Gasteiger partial charge in [-0.05, 0) is 31.7 Å². The molecule has 0 amide bonds. The Bertz CT molecular complexity index is 345. The highest BCUT2D eigenvalue weighted by atomic mass is 79.9. The van der Waals surface area contributed by atoms with Crippen LogP contribution >= 0.6 is 15.9 Å². The number of aryl methyl sites for hydroxylation is 1. The molecule has 0 unspecified atom stereocenters. The zero-order chi connectivity index (χ0) is 10.8. The first-order valence-corrected chi connectivity index (χ1v) is 6.15. The van der Waals surface area contributed by atoms with E-state index in [4.69, 9.17) is 0 Å². The van der Waals surface area contributed by atoms with Crippen LogP contribution in [0.2, 0.25) is 0 Å². The molecule has 0 aliphatic carbocycles. The quantitative estimate of drug-likeness (QED) is 0.906. The SMILES string of the molecule is CNCC1CN(c2ccc(C)c(Br)c2)C1. The molecule has 0 atom stereocenters. The van der Waals surface area contributed by atoms with Crippen LogP contribution in [-0.2, 0) is 0 Å². The van der Waals surface area contributed by atoms with Gasteiger partial charge >= 0.3 is 0 Å². The highest BCUT2D eigenvalue weighted by molar-refractivity contribution is 9.10. The van der Waals surface area contributed by atoms with Crippen LogP contribution in [0.25, 0.3) is 0 Å². The second-order valence-electron chi connectivity index (χ2n) is 4.26. The Labute approximate surface area is 99.8 Å². The van der Waals surface area contributed by atoms with Crippen LogP contribution in [0.4, 0.5) is 5.69 Å². The molecule has 3 heteroatoms. The molecule has 2 nitrogen and oxygen atoms in total. The maximum Gasteiger partial charge on any atom is 0.0377 e. The molecular weight excluding hydrogens is 252 g/mol. The third-order valence-corrected chi connectivity index (χ3v) is 3.82. The second-order valence-corrected chi connectivity index (χ2v) is 5.12. The smallest absolute Gasteiger partial charge is 0.0377 e. The van der Waals surface area contributed by atoms with Gasteiger partial charge in [0.05, 0.1) is 0 Å². The Balaban J connectivity index is 1.98. The number of nitrogens with one attached hydrogen (secondary N) is 1. The lowest BCUT2D eigenvalue weighted by Crippen LogP contribution is -2.50. The van der Waals surface area contributed by atoms with Crippen molar-refractivity contribution in [3.63, 3.8) is 0 Å². The fourth-order valence-corrected chi connectivity index (χ4v) is 2.34. The molecule has 1 N–H and O–H groups in total. The molecule has 0 saturated carbocycles. The van der Waals surface area contributed by atoms with Gasteiger partial charge in [-0.15, -0.1) is 0 Å². The van der Waals surface area contributed by atoms with Gasteiger partial charge in [0.25, 0.3) is 0 Å². The lowest BCUT2D eigenvalue weighted by molar-refractivity contribution is 0.397. The molecule has 0 bridgehead atoms. The van der Waals surface area contributed by atoms with Crippen LogP contribution in [-0.4, -0.2) is 26.7 Å². The minimum absolute atomic E-state index is 0.815. The first kappa shape index (κ1) is 11.0. The number of hydrogen-bond acceptors (Lipinski definition) is 2. The lowest BCUT2D eigenvalue weighted by Gasteiger charge is -2.41. The first-order valence-electron chi connectivity index (χ1n) is 5.36. The minimum atomic E-state index is 0.815. The molecule has 0 radical (unpaired) electrons. The molecule has 1 heterocycles. The van der Waals surface area contributed by atoms with E-state index < -0.39 is 0 Å². The number of hydrogen-bond donors (Lipinski definition) is 1. The molecule has 1 aromatic rings. The number of anilines is 1. The van der Waals surface area contributed by atoms with E-state index in [9.17, 15) is 0 Å². The molecule has 1 saturated heterocycles. The van der Waals surface area contributed by atoms with E-state index in [-0.39, 0.29) is 0 Å². The average Bonchev–Trinajstić information content (AvgIpc) is 2.16. The van der Waals surface area contributed by atoms with Crippen molar-refractivity contribution in [2.75, 3.05) is 31.6 Å². The maximum atomic E-state index is 3.57. The van der Waals surface area contributed by atoms with E-state index in [1.807, 2.05) is 7.05 Å². The molecule has 1 fully saturated rings. The van der Waals surface area contributed by atoms with Crippen molar-refractivity contribution in [2.24, 2.45) is 5.92 Å². The van der Waals surface area contributed by atoms with Gasteiger partial charge in [0.2, 0.25) is 0 Å². The van der Waals surface area contributed by atoms with Crippen molar-refractivity contribution in [3.8, 4) is 0 Å². The Morgan fingerprint density at radius 2 is 2.20 bits per heavy atom. The summed E-state index contributed by atoms with van der Waals surface area (Å²) in [6.07, 6.45) is 0. The van der Waals surface area contributed by atoms with Crippen molar-refractivity contribution >= 4 is 21.6 Å². The van der Waals surface area contributed by atoms with Gasteiger partial charge < -0.3 is 10.2 Å². The molecule has 82 valence electrons. The molecule has 0 spiro atoms. The van der Waals surface area contributed by atoms with Gasteiger partial charge in [-0.25, -0.2) is 0 Å². The molecule has 1 aliphatic rings. The van der Waals surface area contributed by atoms with Crippen LogP contribution in [0.15, 0.2) is 22.7 Å². The van der Waals surface area contributed by atoms with Gasteiger partial charge in [-0.1, -0.05) is 22.0 Å². The zero-order valence-electron chi connectivity index (χ0n) is 9.26. The summed E-state index contributed by atoms with van der Waals surface area (Å²) >= 11 is 3.57. The molecule has 2 rings (SSSR count). The minimum Gasteiger partial charge on any atom is -0.371 e. The van der Waals surface area contributed by atoms with E-state index in [1.165, 1.54) is 28.8 Å². The van der Waals surface area contributed by atoms with E-state index in [1.54, 1.807) is 0 Å². The van der Waals surface area contributed by atoms with Crippen molar-refractivity contribution in [1.82, 2.24) is 5.32 Å². The van der Waals surface area contributed by atoms with E-state index in [0.29, 0.717) is 0 Å². The Hall–Kier alpha value is -0.540. The van der Waals surface area contributed by atoms with E-state index in [0.717, 1.165) is 12.5 Å². The van der Waals surface area contributed by atoms with Gasteiger partial charge in [0.1, 0.15) is 0 Å². The van der Waals surface area contributed by atoms with Gasteiger partial charge in [0.15, 0.2) is 0 Å². The highest BCUT2D eigenvalue weighted by Crippen LogP contribution is 2.28. The summed E-state index contributed by atoms with van der Waals surface area (Å²) in [4.78, 5) is 2.42. The maximum absolute atomic E-state index is 3.57. The summed E-state index contributed by atoms with van der Waals surface area (Å²) in [6, 6.07) is 6.59. The Morgan fingerprint density at radius 3 is 2.80 bits per heavy atom. The largest absolute Gasteiger partial charge is 0.371 e. The van der Waals surface area contributed by atoms with Crippen molar-refractivity contribution in [1.29, 1.82) is 0 Å². The van der Waals surface area contributed by atoms with E-state index in [2.05, 4.69) is 51.3 Å². The fourth-order valence-electron chi connectivity index (χ4n) is 1.98. The average molecular weight is 269 g/mol. The van der Waals surface area contributed by atoms with Crippen molar-refractivity contribution in [2.45, 2.75) is 6.92 Å². The van der Waals surface area contributed by atoms with Crippen LogP contribution in [0, 0.1) is 12.8 Å². The molecule has 1 aliphatic heterocycles. The summed E-state index contributed by atoms with van der Waals surface area (Å²) < 4.78 is 1.21. The van der Waals surface area contributed by atoms with Gasteiger partial charge in [-0.2, -0.15) is 0 Å². The lowest BCUT2D eigenvalue weighted by atomic mass is 9.99. The Kier molecular flexibility index (Phi) is 3.32. The molecule has 0 aromatic heterocycles. The van der Waals surface area contributed by atoms with E-state index >= 15 is 0 Å². The third kappa shape index (κ3) is 2.34. The number of benzene rings is 1. The normalized spacial score (nSPS) is 16.6. The zero-order valence-corrected chi connectivity index (χ0v) is 10.8. The van der Waals surface area contributed by atoms with Crippen LogP contribution in [0.3, 0.4) is 0 Å². The standard InChI is InChI=1S/C12H17BrN2/c1-9-3-4-11(5-12(9)13)15-7-10(8-15)6-14-2/h3-5,10,14H,6-8H2,1-2H3. The highest BCUT2D eigenvalue weighted by Gasteiger charge is 2.26.